The highest BCUT2D eigenvalue weighted by atomic mass is 15.3. The van der Waals surface area contributed by atoms with Crippen molar-refractivity contribution in [3.8, 4) is 0 Å². The largest absolute Gasteiger partial charge is 0.356 e. The monoisotopic (exact) mass is 294 g/mol. The van der Waals surface area contributed by atoms with Gasteiger partial charge in [0.25, 0.3) is 0 Å². The standard InChI is InChI=1S/C15H30N6/c1-6-14-20-19-11-21(14)8-7-16-15(17-9-12(2)3)18-10-13(4)5/h11-13H,6-10H2,1-5H3,(H2,16,17,18). The molecule has 0 aliphatic rings. The average Bonchev–Trinajstić information content (AvgIpc) is 2.88. The van der Waals surface area contributed by atoms with Crippen LogP contribution >= 0.6 is 0 Å². The van der Waals surface area contributed by atoms with Gasteiger partial charge < -0.3 is 15.2 Å². The molecule has 0 atom stereocenters. The van der Waals surface area contributed by atoms with Crippen molar-refractivity contribution in [2.24, 2.45) is 16.8 Å². The predicted molar refractivity (Wildman–Crippen MR) is 87.4 cm³/mol. The number of nitrogens with zero attached hydrogens (tertiary/aromatic N) is 4. The summed E-state index contributed by atoms with van der Waals surface area (Å²) in [6, 6.07) is 0. The number of rotatable bonds is 8. The minimum Gasteiger partial charge on any atom is -0.356 e. The first-order valence-electron chi connectivity index (χ1n) is 7.91. The first-order valence-corrected chi connectivity index (χ1v) is 7.91. The van der Waals surface area contributed by atoms with Crippen molar-refractivity contribution in [2.45, 2.75) is 47.6 Å². The highest BCUT2D eigenvalue weighted by molar-refractivity contribution is 5.79. The molecule has 0 aromatic carbocycles. The molecule has 1 rings (SSSR count). The fourth-order valence-electron chi connectivity index (χ4n) is 1.78. The van der Waals surface area contributed by atoms with Crippen LogP contribution in [0.1, 0.15) is 40.4 Å². The van der Waals surface area contributed by atoms with Gasteiger partial charge in [-0.2, -0.15) is 0 Å². The zero-order chi connectivity index (χ0) is 15.7. The van der Waals surface area contributed by atoms with Gasteiger partial charge >= 0.3 is 0 Å². The van der Waals surface area contributed by atoms with Crippen LogP contribution in [0.4, 0.5) is 0 Å². The van der Waals surface area contributed by atoms with Crippen LogP contribution in [0.3, 0.4) is 0 Å². The highest BCUT2D eigenvalue weighted by Crippen LogP contribution is 1.95. The number of hydrogen-bond donors (Lipinski definition) is 2. The molecule has 6 heteroatoms. The number of aromatic nitrogens is 3. The molecule has 1 aromatic rings. The molecule has 0 bridgehead atoms. The predicted octanol–water partition coefficient (Wildman–Crippen LogP) is 1.69. The van der Waals surface area contributed by atoms with Crippen LogP contribution in [0.25, 0.3) is 0 Å². The third-order valence-corrected chi connectivity index (χ3v) is 2.95. The smallest absolute Gasteiger partial charge is 0.191 e. The highest BCUT2D eigenvalue weighted by Gasteiger charge is 2.03. The minimum absolute atomic E-state index is 0.562. The van der Waals surface area contributed by atoms with Crippen molar-refractivity contribution in [2.75, 3.05) is 19.6 Å². The molecule has 0 saturated carbocycles. The molecule has 0 spiro atoms. The summed E-state index contributed by atoms with van der Waals surface area (Å²) >= 11 is 0. The van der Waals surface area contributed by atoms with Crippen molar-refractivity contribution in [3.05, 3.63) is 12.2 Å². The molecule has 21 heavy (non-hydrogen) atoms. The Morgan fingerprint density at radius 1 is 1.24 bits per heavy atom. The van der Waals surface area contributed by atoms with Crippen LogP contribution in [0, 0.1) is 11.8 Å². The summed E-state index contributed by atoms with van der Waals surface area (Å²) in [5.74, 6) is 3.07. The lowest BCUT2D eigenvalue weighted by atomic mass is 10.2. The third kappa shape index (κ3) is 7.11. The van der Waals surface area contributed by atoms with Gasteiger partial charge in [0.15, 0.2) is 5.96 Å². The minimum atomic E-state index is 0.562. The van der Waals surface area contributed by atoms with Crippen molar-refractivity contribution < 1.29 is 0 Å². The van der Waals surface area contributed by atoms with Gasteiger partial charge in [-0.1, -0.05) is 34.6 Å². The maximum Gasteiger partial charge on any atom is 0.191 e. The molecular formula is C15H30N6. The Labute approximate surface area is 128 Å². The van der Waals surface area contributed by atoms with Crippen LogP contribution in [-0.2, 0) is 13.0 Å². The van der Waals surface area contributed by atoms with Gasteiger partial charge in [0.05, 0.1) is 0 Å². The molecular weight excluding hydrogens is 264 g/mol. The first-order chi connectivity index (χ1) is 10.0. The van der Waals surface area contributed by atoms with Gasteiger partial charge in [-0.3, -0.25) is 4.99 Å². The molecule has 1 aromatic heterocycles. The van der Waals surface area contributed by atoms with Gasteiger partial charge in [0.2, 0.25) is 0 Å². The molecule has 0 aliphatic heterocycles. The lowest BCUT2D eigenvalue weighted by molar-refractivity contribution is 0.592. The van der Waals surface area contributed by atoms with Crippen LogP contribution in [0.2, 0.25) is 0 Å². The number of nitrogens with one attached hydrogen (secondary N) is 2. The van der Waals surface area contributed by atoms with Gasteiger partial charge in [-0.15, -0.1) is 10.2 Å². The molecule has 1 heterocycles. The lowest BCUT2D eigenvalue weighted by Gasteiger charge is -2.15. The molecule has 0 radical (unpaired) electrons. The second-order valence-electron chi connectivity index (χ2n) is 6.08. The SMILES string of the molecule is CCc1nncn1CCNC(=NCC(C)C)NCC(C)C. The Morgan fingerprint density at radius 3 is 2.62 bits per heavy atom. The summed E-state index contributed by atoms with van der Waals surface area (Å²) in [5.41, 5.74) is 0. The maximum atomic E-state index is 4.61. The van der Waals surface area contributed by atoms with Gasteiger partial charge in [-0.25, -0.2) is 0 Å². The molecule has 0 amide bonds. The topological polar surface area (TPSA) is 67.1 Å². The molecule has 120 valence electrons. The van der Waals surface area contributed by atoms with Gasteiger partial charge in [0, 0.05) is 32.6 Å². The van der Waals surface area contributed by atoms with E-state index in [1.807, 2.05) is 0 Å². The Morgan fingerprint density at radius 2 is 2.00 bits per heavy atom. The summed E-state index contributed by atoms with van der Waals surface area (Å²) < 4.78 is 2.08. The summed E-state index contributed by atoms with van der Waals surface area (Å²) in [6.07, 6.45) is 2.69. The maximum absolute atomic E-state index is 4.61. The van der Waals surface area contributed by atoms with E-state index >= 15 is 0 Å². The zero-order valence-electron chi connectivity index (χ0n) is 14.1. The summed E-state index contributed by atoms with van der Waals surface area (Å²) in [6.45, 7) is 14.2. The normalized spacial score (nSPS) is 12.2. The van der Waals surface area contributed by atoms with E-state index in [1.165, 1.54) is 0 Å². The Hall–Kier alpha value is -1.59. The Balaban J connectivity index is 2.46. The van der Waals surface area contributed by atoms with E-state index in [-0.39, 0.29) is 0 Å². The van der Waals surface area contributed by atoms with Crippen LogP contribution < -0.4 is 10.6 Å². The van der Waals surface area contributed by atoms with E-state index in [9.17, 15) is 0 Å². The second-order valence-corrected chi connectivity index (χ2v) is 6.08. The fraction of sp³-hybridized carbons (Fsp3) is 0.800. The summed E-state index contributed by atoms with van der Waals surface area (Å²) in [4.78, 5) is 4.61. The zero-order valence-corrected chi connectivity index (χ0v) is 14.1. The molecule has 2 N–H and O–H groups in total. The molecule has 6 nitrogen and oxygen atoms in total. The van der Waals surface area contributed by atoms with E-state index in [0.717, 1.165) is 44.4 Å². The van der Waals surface area contributed by atoms with E-state index in [0.29, 0.717) is 11.8 Å². The molecule has 0 aliphatic carbocycles. The lowest BCUT2D eigenvalue weighted by Crippen LogP contribution is -2.40. The average molecular weight is 294 g/mol. The van der Waals surface area contributed by atoms with E-state index in [2.05, 4.69) is 65.0 Å². The number of guanidine groups is 1. The Kier molecular flexibility index (Phi) is 7.79. The van der Waals surface area contributed by atoms with Crippen molar-refractivity contribution in [3.63, 3.8) is 0 Å². The van der Waals surface area contributed by atoms with E-state index in [4.69, 9.17) is 0 Å². The van der Waals surface area contributed by atoms with E-state index in [1.54, 1.807) is 6.33 Å². The fourth-order valence-corrected chi connectivity index (χ4v) is 1.78. The van der Waals surface area contributed by atoms with Crippen LogP contribution in [0.15, 0.2) is 11.3 Å². The second kappa shape index (κ2) is 9.37. The summed E-state index contributed by atoms with van der Waals surface area (Å²) in [7, 11) is 0. The third-order valence-electron chi connectivity index (χ3n) is 2.95. The van der Waals surface area contributed by atoms with Crippen LogP contribution in [0.5, 0.6) is 0 Å². The quantitative estimate of drug-likeness (QED) is 0.565. The molecule has 0 fully saturated rings. The van der Waals surface area contributed by atoms with Crippen molar-refractivity contribution in [1.82, 2.24) is 25.4 Å². The van der Waals surface area contributed by atoms with Crippen molar-refractivity contribution in [1.29, 1.82) is 0 Å². The van der Waals surface area contributed by atoms with Gasteiger partial charge in [0.1, 0.15) is 12.2 Å². The number of aryl methyl sites for hydroxylation is 1. The number of hydrogen-bond acceptors (Lipinski definition) is 3. The van der Waals surface area contributed by atoms with Crippen LogP contribution in [-0.4, -0.2) is 40.4 Å². The molecule has 0 unspecified atom stereocenters. The summed E-state index contributed by atoms with van der Waals surface area (Å²) in [5, 5.41) is 14.8. The van der Waals surface area contributed by atoms with Crippen molar-refractivity contribution >= 4 is 5.96 Å². The van der Waals surface area contributed by atoms with E-state index < -0.39 is 0 Å². The molecule has 0 saturated heterocycles. The van der Waals surface area contributed by atoms with Gasteiger partial charge in [-0.05, 0) is 11.8 Å². The Bertz CT molecular complexity index is 422. The first kappa shape index (κ1) is 17.5. The number of aliphatic imine (C=N–C) groups is 1.